The van der Waals surface area contributed by atoms with Gasteiger partial charge in [0.2, 0.25) is 0 Å². The fraction of sp³-hybridized carbons (Fsp3) is 0.412. The van der Waals surface area contributed by atoms with Crippen LogP contribution in [0.25, 0.3) is 10.8 Å². The summed E-state index contributed by atoms with van der Waals surface area (Å²) >= 11 is 0. The number of benzene rings is 2. The van der Waals surface area contributed by atoms with Crippen LogP contribution in [0, 0.1) is 0 Å². The Kier molecular flexibility index (Phi) is 5.39. The molecule has 3 heteroatoms. The molecule has 0 amide bonds. The first-order valence-electron chi connectivity index (χ1n) is 7.06. The molecule has 0 saturated carbocycles. The normalized spacial score (nSPS) is 12.6. The van der Waals surface area contributed by atoms with Gasteiger partial charge in [0.1, 0.15) is 5.75 Å². The molecular weight excluding hydrogens is 250 g/mol. The molecule has 0 saturated heterocycles. The maximum Gasteiger partial charge on any atom is 0.119 e. The van der Waals surface area contributed by atoms with Crippen LogP contribution < -0.4 is 10.1 Å². The Bertz CT molecular complexity index is 548. The van der Waals surface area contributed by atoms with Crippen LogP contribution in [0.1, 0.15) is 12.5 Å². The maximum atomic E-state index is 5.34. The summed E-state index contributed by atoms with van der Waals surface area (Å²) in [5, 5.41) is 5.97. The van der Waals surface area contributed by atoms with Crippen molar-refractivity contribution in [3.05, 3.63) is 42.0 Å². The van der Waals surface area contributed by atoms with Crippen LogP contribution in [0.3, 0.4) is 0 Å². The molecule has 0 heterocycles. The number of methoxy groups -OCH3 is 2. The molecule has 0 fully saturated rings. The molecule has 1 N–H and O–H groups in total. The van der Waals surface area contributed by atoms with Crippen molar-refractivity contribution in [3.63, 3.8) is 0 Å². The van der Waals surface area contributed by atoms with Gasteiger partial charge in [0, 0.05) is 13.2 Å². The van der Waals surface area contributed by atoms with Crippen molar-refractivity contribution in [3.8, 4) is 5.75 Å². The van der Waals surface area contributed by atoms with E-state index in [0.717, 1.165) is 18.7 Å². The molecular formula is C17H23NO2. The van der Waals surface area contributed by atoms with Gasteiger partial charge in [-0.3, -0.25) is 0 Å². The summed E-state index contributed by atoms with van der Waals surface area (Å²) in [5.41, 5.74) is 1.32. The molecule has 3 nitrogen and oxygen atoms in total. The highest BCUT2D eigenvalue weighted by atomic mass is 16.5. The monoisotopic (exact) mass is 273 g/mol. The average molecular weight is 273 g/mol. The number of rotatable bonds is 7. The minimum atomic E-state index is 0.335. The van der Waals surface area contributed by atoms with E-state index in [1.807, 2.05) is 6.07 Å². The number of nitrogens with one attached hydrogen (secondary N) is 1. The van der Waals surface area contributed by atoms with Crippen molar-refractivity contribution in [2.75, 3.05) is 27.4 Å². The van der Waals surface area contributed by atoms with Crippen LogP contribution in [-0.4, -0.2) is 33.4 Å². The summed E-state index contributed by atoms with van der Waals surface area (Å²) in [6.07, 6.45) is 0.951. The lowest BCUT2D eigenvalue weighted by molar-refractivity contribution is 0.167. The zero-order chi connectivity index (χ0) is 14.4. The van der Waals surface area contributed by atoms with Gasteiger partial charge in [-0.15, -0.1) is 0 Å². The van der Waals surface area contributed by atoms with E-state index < -0.39 is 0 Å². The zero-order valence-corrected chi connectivity index (χ0v) is 12.5. The molecule has 0 aromatic heterocycles. The molecule has 20 heavy (non-hydrogen) atoms. The number of hydrogen-bond acceptors (Lipinski definition) is 3. The lowest BCUT2D eigenvalue weighted by atomic mass is 9.98. The smallest absolute Gasteiger partial charge is 0.119 e. The summed E-state index contributed by atoms with van der Waals surface area (Å²) < 4.78 is 10.6. The van der Waals surface area contributed by atoms with Crippen molar-refractivity contribution >= 4 is 10.8 Å². The summed E-state index contributed by atoms with van der Waals surface area (Å²) in [5.74, 6) is 0.900. The highest BCUT2D eigenvalue weighted by Gasteiger charge is 2.10. The quantitative estimate of drug-likeness (QED) is 0.841. The molecule has 0 radical (unpaired) electrons. The molecule has 0 bridgehead atoms. The maximum absolute atomic E-state index is 5.34. The molecule has 0 aliphatic rings. The SMILES string of the molecule is CCNC(COC)Cc1cccc2ccc(OC)cc12. The molecule has 2 rings (SSSR count). The molecule has 1 unspecified atom stereocenters. The van der Waals surface area contributed by atoms with Gasteiger partial charge in [-0.05, 0) is 41.4 Å². The van der Waals surface area contributed by atoms with Gasteiger partial charge in [0.15, 0.2) is 0 Å². The second-order valence-electron chi connectivity index (χ2n) is 4.92. The van der Waals surface area contributed by atoms with E-state index in [1.54, 1.807) is 14.2 Å². The average Bonchev–Trinajstić information content (AvgIpc) is 2.47. The van der Waals surface area contributed by atoms with Crippen molar-refractivity contribution in [2.45, 2.75) is 19.4 Å². The highest BCUT2D eigenvalue weighted by molar-refractivity contribution is 5.87. The summed E-state index contributed by atoms with van der Waals surface area (Å²) in [4.78, 5) is 0. The van der Waals surface area contributed by atoms with Gasteiger partial charge in [-0.1, -0.05) is 31.2 Å². The predicted molar refractivity (Wildman–Crippen MR) is 83.5 cm³/mol. The predicted octanol–water partition coefficient (Wildman–Crippen LogP) is 3.02. The Labute approximate surface area is 120 Å². The standard InChI is InChI=1S/C17H23NO2/c1-4-18-15(12-19-2)10-14-7-5-6-13-8-9-16(20-3)11-17(13)14/h5-9,11,15,18H,4,10,12H2,1-3H3. The zero-order valence-electron chi connectivity index (χ0n) is 12.5. The van der Waals surface area contributed by atoms with E-state index >= 15 is 0 Å². The van der Waals surface area contributed by atoms with Gasteiger partial charge in [-0.2, -0.15) is 0 Å². The van der Waals surface area contributed by atoms with Gasteiger partial charge in [0.25, 0.3) is 0 Å². The van der Waals surface area contributed by atoms with E-state index in [9.17, 15) is 0 Å². The van der Waals surface area contributed by atoms with E-state index in [2.05, 4.69) is 42.6 Å². The minimum absolute atomic E-state index is 0.335. The third kappa shape index (κ3) is 3.50. The van der Waals surface area contributed by atoms with Crippen molar-refractivity contribution in [1.29, 1.82) is 0 Å². The molecule has 0 aliphatic heterocycles. The highest BCUT2D eigenvalue weighted by Crippen LogP contribution is 2.25. The topological polar surface area (TPSA) is 30.5 Å². The third-order valence-electron chi connectivity index (χ3n) is 3.51. The van der Waals surface area contributed by atoms with Crippen molar-refractivity contribution < 1.29 is 9.47 Å². The van der Waals surface area contributed by atoms with Crippen LogP contribution in [0.4, 0.5) is 0 Å². The van der Waals surface area contributed by atoms with Gasteiger partial charge >= 0.3 is 0 Å². The second-order valence-corrected chi connectivity index (χ2v) is 4.92. The van der Waals surface area contributed by atoms with Crippen LogP contribution in [0.5, 0.6) is 5.75 Å². The Morgan fingerprint density at radius 2 is 2.00 bits per heavy atom. The first kappa shape index (κ1) is 14.8. The molecule has 0 aliphatic carbocycles. The fourth-order valence-electron chi connectivity index (χ4n) is 2.57. The summed E-state index contributed by atoms with van der Waals surface area (Å²) in [6, 6.07) is 13.0. The minimum Gasteiger partial charge on any atom is -0.497 e. The lowest BCUT2D eigenvalue weighted by Gasteiger charge is -2.18. The fourth-order valence-corrected chi connectivity index (χ4v) is 2.57. The van der Waals surface area contributed by atoms with Crippen molar-refractivity contribution in [2.24, 2.45) is 0 Å². The number of hydrogen-bond donors (Lipinski definition) is 1. The molecule has 2 aromatic carbocycles. The van der Waals surface area contributed by atoms with Gasteiger partial charge in [-0.25, -0.2) is 0 Å². The Balaban J connectivity index is 2.32. The molecule has 2 aromatic rings. The number of likely N-dealkylation sites (N-methyl/N-ethyl adjacent to an activating group) is 1. The Hall–Kier alpha value is -1.58. The van der Waals surface area contributed by atoms with E-state index in [4.69, 9.17) is 9.47 Å². The summed E-state index contributed by atoms with van der Waals surface area (Å²) in [6.45, 7) is 3.78. The van der Waals surface area contributed by atoms with Crippen LogP contribution in [0.15, 0.2) is 36.4 Å². The second kappa shape index (κ2) is 7.27. The first-order chi connectivity index (χ1) is 9.78. The van der Waals surface area contributed by atoms with E-state index in [1.165, 1.54) is 16.3 Å². The Morgan fingerprint density at radius 1 is 1.15 bits per heavy atom. The molecule has 1 atom stereocenters. The number of fused-ring (bicyclic) bond motifs is 1. The third-order valence-corrected chi connectivity index (χ3v) is 3.51. The largest absolute Gasteiger partial charge is 0.497 e. The van der Waals surface area contributed by atoms with E-state index in [0.29, 0.717) is 12.6 Å². The van der Waals surface area contributed by atoms with Crippen LogP contribution in [-0.2, 0) is 11.2 Å². The lowest BCUT2D eigenvalue weighted by Crippen LogP contribution is -2.35. The Morgan fingerprint density at radius 3 is 2.70 bits per heavy atom. The van der Waals surface area contributed by atoms with Gasteiger partial charge < -0.3 is 14.8 Å². The molecule has 0 spiro atoms. The van der Waals surface area contributed by atoms with E-state index in [-0.39, 0.29) is 0 Å². The summed E-state index contributed by atoms with van der Waals surface area (Å²) in [7, 11) is 3.45. The van der Waals surface area contributed by atoms with Crippen LogP contribution in [0.2, 0.25) is 0 Å². The first-order valence-corrected chi connectivity index (χ1v) is 7.06. The van der Waals surface area contributed by atoms with Crippen LogP contribution >= 0.6 is 0 Å². The number of ether oxygens (including phenoxy) is 2. The van der Waals surface area contributed by atoms with Crippen molar-refractivity contribution in [1.82, 2.24) is 5.32 Å². The molecule has 108 valence electrons. The van der Waals surface area contributed by atoms with Gasteiger partial charge in [0.05, 0.1) is 13.7 Å².